The molecule has 4 bridgehead atoms. The third-order valence-electron chi connectivity index (χ3n) is 7.75. The quantitative estimate of drug-likeness (QED) is 0.569. The molecule has 170 valence electrons. The minimum absolute atomic E-state index is 0.0441. The number of benzene rings is 1. The normalized spacial score (nSPS) is 35.5. The van der Waals surface area contributed by atoms with E-state index in [1.54, 1.807) is 4.90 Å². The van der Waals surface area contributed by atoms with Gasteiger partial charge in [-0.25, -0.2) is 17.2 Å². The maximum absolute atomic E-state index is 14.0. The molecule has 1 amide bonds. The van der Waals surface area contributed by atoms with Gasteiger partial charge in [-0.2, -0.15) is 4.31 Å². The van der Waals surface area contributed by atoms with E-state index in [-0.39, 0.29) is 41.8 Å². The second-order valence-electron chi connectivity index (χ2n) is 10.1. The van der Waals surface area contributed by atoms with Gasteiger partial charge in [0.05, 0.1) is 0 Å². The van der Waals surface area contributed by atoms with E-state index in [1.807, 2.05) is 0 Å². The smallest absolute Gasteiger partial charge is 0.249 e. The molecule has 31 heavy (non-hydrogen) atoms. The van der Waals surface area contributed by atoms with Crippen LogP contribution in [-0.4, -0.2) is 54.0 Å². The minimum Gasteiger partial charge on any atom is -0.340 e. The van der Waals surface area contributed by atoms with E-state index in [9.17, 15) is 22.0 Å². The van der Waals surface area contributed by atoms with E-state index in [2.05, 4.69) is 15.9 Å². The molecule has 0 N–H and O–H groups in total. The Morgan fingerprint density at radius 3 is 2.16 bits per heavy atom. The number of carbonyl (C=O) groups excluding carboxylic acids is 1. The summed E-state index contributed by atoms with van der Waals surface area (Å²) in [6, 6.07) is 3.03. The van der Waals surface area contributed by atoms with E-state index in [4.69, 9.17) is 0 Å². The first-order chi connectivity index (χ1) is 14.6. The van der Waals surface area contributed by atoms with Crippen LogP contribution in [0.5, 0.6) is 0 Å². The number of hydrogen-bond acceptors (Lipinski definition) is 3. The number of nitrogens with zero attached hydrogens (tertiary/aromatic N) is 2. The Hall–Kier alpha value is -1.06. The molecule has 0 spiro atoms. The van der Waals surface area contributed by atoms with E-state index < -0.39 is 26.6 Å². The number of alkyl halides is 1. The van der Waals surface area contributed by atoms with Crippen LogP contribution < -0.4 is 0 Å². The molecule has 1 saturated heterocycles. The summed E-state index contributed by atoms with van der Waals surface area (Å²) in [6.45, 7) is 0.581. The Morgan fingerprint density at radius 1 is 1.03 bits per heavy atom. The Balaban J connectivity index is 1.25. The highest BCUT2D eigenvalue weighted by Gasteiger charge is 2.57. The summed E-state index contributed by atoms with van der Waals surface area (Å²) >= 11 is 3.98. The largest absolute Gasteiger partial charge is 0.340 e. The molecule has 1 heterocycles. The van der Waals surface area contributed by atoms with Gasteiger partial charge in [-0.1, -0.05) is 22.0 Å². The van der Waals surface area contributed by atoms with E-state index >= 15 is 0 Å². The Morgan fingerprint density at radius 2 is 1.61 bits per heavy atom. The second kappa shape index (κ2) is 7.48. The lowest BCUT2D eigenvalue weighted by Gasteiger charge is -2.60. The highest BCUT2D eigenvalue weighted by atomic mass is 79.9. The standard InChI is InChI=1S/C22H27BrF2N2O3S/c23-22-11-15-8-16(12-22)10-21(9-15,14-22)13-19(28)26-4-6-27(7-5-26)31(29,30)20-17(24)2-1-3-18(20)25/h1-3,15-16H,4-14H2/t15-,16-,21?,22?/m1/s1. The van der Waals surface area contributed by atoms with Crippen LogP contribution in [0.2, 0.25) is 0 Å². The molecule has 5 fully saturated rings. The highest BCUT2D eigenvalue weighted by molar-refractivity contribution is 9.10. The predicted molar refractivity (Wildman–Crippen MR) is 115 cm³/mol. The average molecular weight is 517 g/mol. The molecule has 0 aromatic heterocycles. The molecule has 1 aromatic carbocycles. The first-order valence-electron chi connectivity index (χ1n) is 11.0. The van der Waals surface area contributed by atoms with Crippen LogP contribution in [0, 0.1) is 28.9 Å². The zero-order chi connectivity index (χ0) is 22.0. The van der Waals surface area contributed by atoms with Gasteiger partial charge in [-0.15, -0.1) is 0 Å². The van der Waals surface area contributed by atoms with Crippen LogP contribution >= 0.6 is 15.9 Å². The molecule has 1 aliphatic heterocycles. The Bertz CT molecular complexity index is 976. The van der Waals surface area contributed by atoms with Crippen molar-refractivity contribution in [2.24, 2.45) is 17.3 Å². The minimum atomic E-state index is -4.29. The van der Waals surface area contributed by atoms with Crippen LogP contribution in [0.3, 0.4) is 0 Å². The van der Waals surface area contributed by atoms with E-state index in [0.717, 1.165) is 41.8 Å². The van der Waals surface area contributed by atoms with Crippen molar-refractivity contribution in [3.05, 3.63) is 29.8 Å². The molecule has 0 unspecified atom stereocenters. The fourth-order valence-corrected chi connectivity index (χ4v) is 10.1. The maximum Gasteiger partial charge on any atom is 0.249 e. The van der Waals surface area contributed by atoms with Gasteiger partial charge >= 0.3 is 0 Å². The predicted octanol–water partition coefficient (Wildman–Crippen LogP) is 3.92. The SMILES string of the molecule is O=C(CC12C[C@H]3C[C@@H](CC(Br)(C3)C1)C2)N1CCN(S(=O)(=O)c2c(F)cccc2F)CC1. The molecule has 5 aliphatic rings. The van der Waals surface area contributed by atoms with Crippen molar-refractivity contribution in [3.8, 4) is 0 Å². The average Bonchev–Trinajstić information content (AvgIpc) is 2.65. The zero-order valence-corrected chi connectivity index (χ0v) is 19.7. The molecular weight excluding hydrogens is 490 g/mol. The van der Waals surface area contributed by atoms with Crippen molar-refractivity contribution in [3.63, 3.8) is 0 Å². The lowest BCUT2D eigenvalue weighted by atomic mass is 9.48. The van der Waals surface area contributed by atoms with Crippen LogP contribution in [0.25, 0.3) is 0 Å². The van der Waals surface area contributed by atoms with Gasteiger partial charge in [0.25, 0.3) is 0 Å². The van der Waals surface area contributed by atoms with Gasteiger partial charge in [-0.3, -0.25) is 4.79 Å². The van der Waals surface area contributed by atoms with Crippen molar-refractivity contribution in [2.45, 2.75) is 54.2 Å². The summed E-state index contributed by atoms with van der Waals surface area (Å²) in [5, 5.41) is 0. The molecule has 9 heteroatoms. The number of amides is 1. The number of sulfonamides is 1. The molecule has 1 aromatic rings. The molecule has 5 nitrogen and oxygen atoms in total. The third kappa shape index (κ3) is 3.84. The molecule has 4 aliphatic carbocycles. The Kier molecular flexibility index (Phi) is 5.26. The lowest BCUT2D eigenvalue weighted by Crippen LogP contribution is -2.55. The van der Waals surface area contributed by atoms with Crippen molar-refractivity contribution in [2.75, 3.05) is 26.2 Å². The molecular formula is C22H27BrF2N2O3S. The van der Waals surface area contributed by atoms with Crippen molar-refractivity contribution in [1.29, 1.82) is 0 Å². The van der Waals surface area contributed by atoms with Crippen molar-refractivity contribution in [1.82, 2.24) is 9.21 Å². The summed E-state index contributed by atoms with van der Waals surface area (Å²) < 4.78 is 54.9. The highest BCUT2D eigenvalue weighted by Crippen LogP contribution is 2.65. The summed E-state index contributed by atoms with van der Waals surface area (Å²) in [5.41, 5.74) is 0.0597. The topological polar surface area (TPSA) is 57.7 Å². The first-order valence-corrected chi connectivity index (χ1v) is 13.2. The molecule has 2 atom stereocenters. The molecule has 6 rings (SSSR count). The fourth-order valence-electron chi connectivity index (χ4n) is 7.01. The first kappa shape index (κ1) is 21.8. The van der Waals surface area contributed by atoms with Gasteiger partial charge in [0.2, 0.25) is 15.9 Å². The summed E-state index contributed by atoms with van der Waals surface area (Å²) in [4.78, 5) is 14.0. The number of hydrogen-bond donors (Lipinski definition) is 0. The lowest BCUT2D eigenvalue weighted by molar-refractivity contribution is -0.139. The van der Waals surface area contributed by atoms with Gasteiger partial charge in [0.15, 0.2) is 4.90 Å². The van der Waals surface area contributed by atoms with Gasteiger partial charge in [0, 0.05) is 36.9 Å². The molecule has 4 saturated carbocycles. The number of halogens is 3. The number of rotatable bonds is 4. The fraction of sp³-hybridized carbons (Fsp3) is 0.682. The van der Waals surface area contributed by atoms with Gasteiger partial charge in [-0.05, 0) is 67.9 Å². The van der Waals surface area contributed by atoms with Crippen molar-refractivity contribution >= 4 is 31.9 Å². The van der Waals surface area contributed by atoms with E-state index in [0.29, 0.717) is 18.3 Å². The van der Waals surface area contributed by atoms with Gasteiger partial charge < -0.3 is 4.90 Å². The number of carbonyl (C=O) groups is 1. The maximum atomic E-state index is 14.0. The van der Waals surface area contributed by atoms with Gasteiger partial charge in [0.1, 0.15) is 11.6 Å². The third-order valence-corrected chi connectivity index (χ3v) is 10.6. The second-order valence-corrected chi connectivity index (χ2v) is 13.7. The van der Waals surface area contributed by atoms with Crippen LogP contribution in [0.4, 0.5) is 8.78 Å². The van der Waals surface area contributed by atoms with Crippen LogP contribution in [0.15, 0.2) is 23.1 Å². The zero-order valence-electron chi connectivity index (χ0n) is 17.3. The summed E-state index contributed by atoms with van der Waals surface area (Å²) in [5.74, 6) is -0.711. The number of piperazine rings is 1. The summed E-state index contributed by atoms with van der Waals surface area (Å²) in [6.07, 6.45) is 7.49. The summed E-state index contributed by atoms with van der Waals surface area (Å²) in [7, 11) is -4.29. The molecule has 0 radical (unpaired) electrons. The monoisotopic (exact) mass is 516 g/mol. The Labute approximate surface area is 190 Å². The van der Waals surface area contributed by atoms with E-state index in [1.165, 1.54) is 19.3 Å². The van der Waals surface area contributed by atoms with Crippen LogP contribution in [0.1, 0.15) is 44.9 Å². The van der Waals surface area contributed by atoms with Crippen LogP contribution in [-0.2, 0) is 14.8 Å². The van der Waals surface area contributed by atoms with Crippen molar-refractivity contribution < 1.29 is 22.0 Å².